The smallest absolute Gasteiger partial charge is 0.248 e. The molecule has 0 atom stereocenters. The number of carbonyl (C=O) groups excluding carboxylic acids is 1. The van der Waals surface area contributed by atoms with Crippen LogP contribution in [0.2, 0.25) is 0 Å². The SMILES string of the molecule is CCOc1ccc(/C=C/C(=O)Nc2cccc3ccccc23)cc1OC. The summed E-state index contributed by atoms with van der Waals surface area (Å²) in [5, 5.41) is 5.04. The molecule has 0 aromatic heterocycles. The molecule has 0 bridgehead atoms. The number of nitrogens with one attached hydrogen (secondary N) is 1. The Bertz CT molecular complexity index is 942. The quantitative estimate of drug-likeness (QED) is 0.645. The van der Waals surface area contributed by atoms with Crippen LogP contribution in [0.1, 0.15) is 12.5 Å². The van der Waals surface area contributed by atoms with Gasteiger partial charge in [-0.2, -0.15) is 0 Å². The summed E-state index contributed by atoms with van der Waals surface area (Å²) in [7, 11) is 1.60. The standard InChI is InChI=1S/C22H21NO3/c1-3-26-20-13-11-16(15-21(20)25-2)12-14-22(24)23-19-10-6-8-17-7-4-5-9-18(17)19/h4-15H,3H2,1-2H3,(H,23,24)/b14-12+. The second kappa shape index (κ2) is 8.21. The van der Waals surface area contributed by atoms with Crippen LogP contribution >= 0.6 is 0 Å². The molecule has 132 valence electrons. The highest BCUT2D eigenvalue weighted by molar-refractivity contribution is 6.07. The van der Waals surface area contributed by atoms with Crippen molar-refractivity contribution in [2.45, 2.75) is 6.92 Å². The van der Waals surface area contributed by atoms with Gasteiger partial charge in [-0.15, -0.1) is 0 Å². The molecule has 1 N–H and O–H groups in total. The average Bonchev–Trinajstić information content (AvgIpc) is 2.67. The fourth-order valence-corrected chi connectivity index (χ4v) is 2.74. The van der Waals surface area contributed by atoms with Gasteiger partial charge in [0.25, 0.3) is 0 Å². The number of methoxy groups -OCH3 is 1. The number of hydrogen-bond acceptors (Lipinski definition) is 3. The predicted molar refractivity (Wildman–Crippen MR) is 106 cm³/mol. The second-order valence-electron chi connectivity index (χ2n) is 5.69. The summed E-state index contributed by atoms with van der Waals surface area (Å²) in [6.07, 6.45) is 3.26. The van der Waals surface area contributed by atoms with Crippen LogP contribution in [0.25, 0.3) is 16.8 Å². The predicted octanol–water partition coefficient (Wildman–Crippen LogP) is 4.90. The highest BCUT2D eigenvalue weighted by atomic mass is 16.5. The molecule has 0 saturated heterocycles. The maximum Gasteiger partial charge on any atom is 0.248 e. The Kier molecular flexibility index (Phi) is 5.54. The van der Waals surface area contributed by atoms with Gasteiger partial charge in [0.15, 0.2) is 11.5 Å². The third-order valence-electron chi connectivity index (χ3n) is 3.96. The molecule has 3 aromatic carbocycles. The minimum atomic E-state index is -0.186. The molecule has 0 aliphatic rings. The van der Waals surface area contributed by atoms with E-state index in [2.05, 4.69) is 5.32 Å². The van der Waals surface area contributed by atoms with Gasteiger partial charge in [0.1, 0.15) is 0 Å². The van der Waals surface area contributed by atoms with Crippen molar-refractivity contribution in [3.05, 3.63) is 72.3 Å². The van der Waals surface area contributed by atoms with E-state index in [1.54, 1.807) is 13.2 Å². The zero-order chi connectivity index (χ0) is 18.4. The first kappa shape index (κ1) is 17.5. The van der Waals surface area contributed by atoms with Crippen molar-refractivity contribution >= 4 is 28.4 Å². The van der Waals surface area contributed by atoms with E-state index in [0.29, 0.717) is 18.1 Å². The zero-order valence-electron chi connectivity index (χ0n) is 14.9. The molecule has 0 fully saturated rings. The maximum absolute atomic E-state index is 12.3. The zero-order valence-corrected chi connectivity index (χ0v) is 14.9. The lowest BCUT2D eigenvalue weighted by Gasteiger charge is -2.09. The van der Waals surface area contributed by atoms with Gasteiger partial charge in [0.05, 0.1) is 13.7 Å². The van der Waals surface area contributed by atoms with E-state index in [9.17, 15) is 4.79 Å². The Hall–Kier alpha value is -3.27. The topological polar surface area (TPSA) is 47.6 Å². The molecule has 0 saturated carbocycles. The molecule has 3 rings (SSSR count). The highest BCUT2D eigenvalue weighted by Crippen LogP contribution is 2.28. The number of ether oxygens (including phenoxy) is 2. The number of carbonyl (C=O) groups is 1. The summed E-state index contributed by atoms with van der Waals surface area (Å²) < 4.78 is 10.8. The Morgan fingerprint density at radius 1 is 1.04 bits per heavy atom. The van der Waals surface area contributed by atoms with Crippen LogP contribution in [0.4, 0.5) is 5.69 Å². The van der Waals surface area contributed by atoms with E-state index in [-0.39, 0.29) is 5.91 Å². The lowest BCUT2D eigenvalue weighted by Crippen LogP contribution is -2.08. The molecule has 1 amide bonds. The molecule has 0 radical (unpaired) electrons. The minimum Gasteiger partial charge on any atom is -0.493 e. The van der Waals surface area contributed by atoms with Gasteiger partial charge in [-0.25, -0.2) is 0 Å². The van der Waals surface area contributed by atoms with Crippen LogP contribution in [0.15, 0.2) is 66.7 Å². The summed E-state index contributed by atoms with van der Waals surface area (Å²) in [5.74, 6) is 1.14. The van der Waals surface area contributed by atoms with Gasteiger partial charge in [0, 0.05) is 17.1 Å². The fraction of sp³-hybridized carbons (Fsp3) is 0.136. The van der Waals surface area contributed by atoms with Gasteiger partial charge < -0.3 is 14.8 Å². The average molecular weight is 347 g/mol. The van der Waals surface area contributed by atoms with Crippen molar-refractivity contribution in [1.29, 1.82) is 0 Å². The Morgan fingerprint density at radius 3 is 2.65 bits per heavy atom. The Balaban J connectivity index is 1.75. The molecular formula is C22H21NO3. The Labute approximate surface area is 153 Å². The Morgan fingerprint density at radius 2 is 1.85 bits per heavy atom. The molecule has 4 nitrogen and oxygen atoms in total. The first-order valence-electron chi connectivity index (χ1n) is 8.49. The normalized spacial score (nSPS) is 10.8. The molecule has 26 heavy (non-hydrogen) atoms. The maximum atomic E-state index is 12.3. The lowest BCUT2D eigenvalue weighted by atomic mass is 10.1. The van der Waals surface area contributed by atoms with E-state index in [1.807, 2.05) is 67.6 Å². The summed E-state index contributed by atoms with van der Waals surface area (Å²) >= 11 is 0. The monoisotopic (exact) mass is 347 g/mol. The van der Waals surface area contributed by atoms with E-state index in [4.69, 9.17) is 9.47 Å². The summed E-state index contributed by atoms with van der Waals surface area (Å²) in [5.41, 5.74) is 1.65. The van der Waals surface area contributed by atoms with Crippen LogP contribution < -0.4 is 14.8 Å². The third-order valence-corrected chi connectivity index (χ3v) is 3.96. The second-order valence-corrected chi connectivity index (χ2v) is 5.69. The summed E-state index contributed by atoms with van der Waals surface area (Å²) in [4.78, 5) is 12.3. The molecule has 0 aliphatic heterocycles. The molecule has 3 aromatic rings. The van der Waals surface area contributed by atoms with E-state index < -0.39 is 0 Å². The largest absolute Gasteiger partial charge is 0.493 e. The minimum absolute atomic E-state index is 0.186. The van der Waals surface area contributed by atoms with E-state index in [1.165, 1.54) is 6.08 Å². The van der Waals surface area contributed by atoms with Gasteiger partial charge in [0.2, 0.25) is 5.91 Å². The summed E-state index contributed by atoms with van der Waals surface area (Å²) in [6, 6.07) is 19.4. The van der Waals surface area contributed by atoms with Crippen molar-refractivity contribution in [2.75, 3.05) is 19.0 Å². The van der Waals surface area contributed by atoms with Crippen LogP contribution in [-0.2, 0) is 4.79 Å². The van der Waals surface area contributed by atoms with Gasteiger partial charge in [-0.1, -0.05) is 42.5 Å². The molecule has 0 heterocycles. The van der Waals surface area contributed by atoms with Crippen molar-refractivity contribution in [1.82, 2.24) is 0 Å². The first-order valence-corrected chi connectivity index (χ1v) is 8.49. The molecule has 0 spiro atoms. The van der Waals surface area contributed by atoms with Crippen LogP contribution in [0, 0.1) is 0 Å². The number of amides is 1. The van der Waals surface area contributed by atoms with E-state index >= 15 is 0 Å². The number of rotatable bonds is 6. The number of benzene rings is 3. The summed E-state index contributed by atoms with van der Waals surface area (Å²) in [6.45, 7) is 2.49. The van der Waals surface area contributed by atoms with E-state index in [0.717, 1.165) is 22.0 Å². The first-order chi connectivity index (χ1) is 12.7. The lowest BCUT2D eigenvalue weighted by molar-refractivity contribution is -0.111. The number of anilines is 1. The third kappa shape index (κ3) is 4.03. The van der Waals surface area contributed by atoms with Crippen molar-refractivity contribution < 1.29 is 14.3 Å². The number of hydrogen-bond donors (Lipinski definition) is 1. The molecule has 4 heteroatoms. The van der Waals surface area contributed by atoms with Crippen molar-refractivity contribution in [2.24, 2.45) is 0 Å². The fourth-order valence-electron chi connectivity index (χ4n) is 2.74. The molecule has 0 unspecified atom stereocenters. The van der Waals surface area contributed by atoms with Gasteiger partial charge >= 0.3 is 0 Å². The highest BCUT2D eigenvalue weighted by Gasteiger charge is 2.05. The van der Waals surface area contributed by atoms with Gasteiger partial charge in [-0.05, 0) is 42.1 Å². The van der Waals surface area contributed by atoms with Crippen molar-refractivity contribution in [3.63, 3.8) is 0 Å². The van der Waals surface area contributed by atoms with Crippen LogP contribution in [-0.4, -0.2) is 19.6 Å². The van der Waals surface area contributed by atoms with Crippen molar-refractivity contribution in [3.8, 4) is 11.5 Å². The number of fused-ring (bicyclic) bond motifs is 1. The van der Waals surface area contributed by atoms with Gasteiger partial charge in [-0.3, -0.25) is 4.79 Å². The molecular weight excluding hydrogens is 326 g/mol. The molecule has 0 aliphatic carbocycles. The van der Waals surface area contributed by atoms with Crippen LogP contribution in [0.3, 0.4) is 0 Å². The van der Waals surface area contributed by atoms with Crippen LogP contribution in [0.5, 0.6) is 11.5 Å².